The number of benzene rings is 3. The Hall–Kier alpha value is -3.77. The standard InChI is InChI=1S/C25H19ClN2O4/c1-16(23(29)18-11-13-19(26)14-12-18)32-25(31)22-20-9-5-6-10-21(20)24(30)28(27-22)15-17-7-3-2-4-8-17/h2-14,16H,15H2,1H3. The molecule has 7 heteroatoms. The van der Waals surface area contributed by atoms with Crippen LogP contribution in [-0.4, -0.2) is 27.6 Å². The summed E-state index contributed by atoms with van der Waals surface area (Å²) in [5.74, 6) is -1.14. The van der Waals surface area contributed by atoms with Crippen molar-refractivity contribution >= 4 is 34.1 Å². The van der Waals surface area contributed by atoms with Crippen molar-refractivity contribution in [2.75, 3.05) is 0 Å². The number of ketones is 1. The molecule has 0 aliphatic carbocycles. The van der Waals surface area contributed by atoms with E-state index in [0.717, 1.165) is 5.56 Å². The van der Waals surface area contributed by atoms with Crippen LogP contribution in [0.3, 0.4) is 0 Å². The quantitative estimate of drug-likeness (QED) is 0.321. The van der Waals surface area contributed by atoms with Crippen LogP contribution in [0.25, 0.3) is 10.8 Å². The summed E-state index contributed by atoms with van der Waals surface area (Å²) in [6.07, 6.45) is -1.04. The van der Waals surface area contributed by atoms with Crippen molar-refractivity contribution in [3.63, 3.8) is 0 Å². The first-order chi connectivity index (χ1) is 15.4. The third-order valence-electron chi connectivity index (χ3n) is 5.02. The third kappa shape index (κ3) is 4.45. The summed E-state index contributed by atoms with van der Waals surface area (Å²) >= 11 is 5.87. The minimum atomic E-state index is -1.04. The van der Waals surface area contributed by atoms with E-state index in [9.17, 15) is 14.4 Å². The molecule has 1 aromatic heterocycles. The highest BCUT2D eigenvalue weighted by atomic mass is 35.5. The highest BCUT2D eigenvalue weighted by molar-refractivity contribution is 6.30. The van der Waals surface area contributed by atoms with Crippen LogP contribution in [0, 0.1) is 0 Å². The van der Waals surface area contributed by atoms with Gasteiger partial charge in [-0.15, -0.1) is 0 Å². The number of halogens is 1. The van der Waals surface area contributed by atoms with E-state index in [2.05, 4.69) is 5.10 Å². The maximum atomic E-state index is 13.0. The monoisotopic (exact) mass is 446 g/mol. The van der Waals surface area contributed by atoms with Crippen LogP contribution in [0.5, 0.6) is 0 Å². The lowest BCUT2D eigenvalue weighted by molar-refractivity contribution is 0.0313. The van der Waals surface area contributed by atoms with Crippen LogP contribution in [-0.2, 0) is 11.3 Å². The van der Waals surface area contributed by atoms with Crippen molar-refractivity contribution in [3.8, 4) is 0 Å². The van der Waals surface area contributed by atoms with Crippen LogP contribution in [0.2, 0.25) is 5.02 Å². The molecule has 0 radical (unpaired) electrons. The molecule has 0 aliphatic rings. The molecule has 32 heavy (non-hydrogen) atoms. The number of fused-ring (bicyclic) bond motifs is 1. The number of ether oxygens (including phenoxy) is 1. The maximum Gasteiger partial charge on any atom is 0.360 e. The van der Waals surface area contributed by atoms with Crippen molar-refractivity contribution < 1.29 is 14.3 Å². The summed E-state index contributed by atoms with van der Waals surface area (Å²) in [6.45, 7) is 1.70. The highest BCUT2D eigenvalue weighted by Crippen LogP contribution is 2.17. The zero-order valence-corrected chi connectivity index (χ0v) is 18.0. The van der Waals surface area contributed by atoms with Gasteiger partial charge in [-0.3, -0.25) is 9.59 Å². The lowest BCUT2D eigenvalue weighted by atomic mass is 10.1. The minimum absolute atomic E-state index is 0.0214. The van der Waals surface area contributed by atoms with Gasteiger partial charge in [0.2, 0.25) is 5.78 Å². The van der Waals surface area contributed by atoms with E-state index in [1.54, 1.807) is 48.5 Å². The largest absolute Gasteiger partial charge is 0.449 e. The Bertz CT molecular complexity index is 1350. The van der Waals surface area contributed by atoms with E-state index in [0.29, 0.717) is 21.4 Å². The van der Waals surface area contributed by atoms with E-state index in [-0.39, 0.29) is 23.6 Å². The molecule has 4 rings (SSSR count). The lowest BCUT2D eigenvalue weighted by Crippen LogP contribution is -2.29. The molecule has 0 saturated carbocycles. The van der Waals surface area contributed by atoms with E-state index >= 15 is 0 Å². The van der Waals surface area contributed by atoms with E-state index in [1.807, 2.05) is 30.3 Å². The number of carbonyl (C=O) groups excluding carboxylic acids is 2. The second-order valence-electron chi connectivity index (χ2n) is 7.26. The van der Waals surface area contributed by atoms with Crippen molar-refractivity contribution in [3.05, 3.63) is 111 Å². The molecule has 6 nitrogen and oxygen atoms in total. The van der Waals surface area contributed by atoms with Gasteiger partial charge in [0.15, 0.2) is 11.8 Å². The normalized spacial score (nSPS) is 11.8. The van der Waals surface area contributed by atoms with Crippen molar-refractivity contribution in [2.24, 2.45) is 0 Å². The number of carbonyl (C=O) groups is 2. The number of Topliss-reactive ketones (excluding diaryl/α,β-unsaturated/α-hetero) is 1. The number of aromatic nitrogens is 2. The molecule has 1 heterocycles. The second-order valence-corrected chi connectivity index (χ2v) is 7.70. The summed E-state index contributed by atoms with van der Waals surface area (Å²) in [5.41, 5.74) is 0.905. The van der Waals surface area contributed by atoms with Gasteiger partial charge in [0, 0.05) is 16.0 Å². The molecule has 0 spiro atoms. The highest BCUT2D eigenvalue weighted by Gasteiger charge is 2.24. The molecule has 0 N–H and O–H groups in total. The number of rotatable bonds is 6. The van der Waals surface area contributed by atoms with Gasteiger partial charge < -0.3 is 4.74 Å². The predicted molar refractivity (Wildman–Crippen MR) is 122 cm³/mol. The number of esters is 1. The maximum absolute atomic E-state index is 13.0. The van der Waals surface area contributed by atoms with Gasteiger partial charge in [0.05, 0.1) is 11.9 Å². The molecule has 0 bridgehead atoms. The Labute approximate surface area is 189 Å². The van der Waals surface area contributed by atoms with Gasteiger partial charge in [-0.1, -0.05) is 60.1 Å². The predicted octanol–water partition coefficient (Wildman–Crippen LogP) is 4.53. The van der Waals surface area contributed by atoms with Gasteiger partial charge in [0.1, 0.15) is 0 Å². The molecule has 3 aromatic carbocycles. The first-order valence-electron chi connectivity index (χ1n) is 9.98. The summed E-state index contributed by atoms with van der Waals surface area (Å²) in [5, 5.41) is 5.52. The smallest absolute Gasteiger partial charge is 0.360 e. The molecule has 1 atom stereocenters. The van der Waals surface area contributed by atoms with E-state index < -0.39 is 12.1 Å². The SMILES string of the molecule is CC(OC(=O)c1nn(Cc2ccccc2)c(=O)c2ccccc12)C(=O)c1ccc(Cl)cc1. The summed E-state index contributed by atoms with van der Waals surface area (Å²) < 4.78 is 6.67. The third-order valence-corrected chi connectivity index (χ3v) is 5.27. The van der Waals surface area contributed by atoms with Crippen molar-refractivity contribution in [1.29, 1.82) is 0 Å². The van der Waals surface area contributed by atoms with E-state index in [1.165, 1.54) is 11.6 Å². The summed E-state index contributed by atoms with van der Waals surface area (Å²) in [4.78, 5) is 38.6. The Morgan fingerprint density at radius 3 is 2.25 bits per heavy atom. The van der Waals surface area contributed by atoms with Crippen LogP contribution in [0.15, 0.2) is 83.7 Å². The Morgan fingerprint density at radius 1 is 0.938 bits per heavy atom. The fraction of sp³-hybridized carbons (Fsp3) is 0.120. The van der Waals surface area contributed by atoms with Gasteiger partial charge in [-0.2, -0.15) is 5.10 Å². The molecular formula is C25H19ClN2O4. The Balaban J connectivity index is 1.67. The van der Waals surface area contributed by atoms with Crippen LogP contribution < -0.4 is 5.56 Å². The molecule has 0 amide bonds. The number of nitrogens with zero attached hydrogens (tertiary/aromatic N) is 2. The molecule has 0 saturated heterocycles. The minimum Gasteiger partial charge on any atom is -0.449 e. The first kappa shape index (κ1) is 21.5. The number of hydrogen-bond acceptors (Lipinski definition) is 5. The summed E-state index contributed by atoms with van der Waals surface area (Å²) in [7, 11) is 0. The van der Waals surface area contributed by atoms with Crippen molar-refractivity contribution in [2.45, 2.75) is 19.6 Å². The average Bonchev–Trinajstić information content (AvgIpc) is 2.81. The lowest BCUT2D eigenvalue weighted by Gasteiger charge is -2.14. The zero-order valence-electron chi connectivity index (χ0n) is 17.2. The topological polar surface area (TPSA) is 78.3 Å². The fourth-order valence-electron chi connectivity index (χ4n) is 3.37. The Kier molecular flexibility index (Phi) is 6.14. The molecule has 160 valence electrons. The second kappa shape index (κ2) is 9.16. The first-order valence-corrected chi connectivity index (χ1v) is 10.4. The molecular weight excluding hydrogens is 428 g/mol. The fourth-order valence-corrected chi connectivity index (χ4v) is 3.49. The van der Waals surface area contributed by atoms with Gasteiger partial charge in [-0.05, 0) is 42.8 Å². The van der Waals surface area contributed by atoms with Gasteiger partial charge in [0.25, 0.3) is 5.56 Å². The summed E-state index contributed by atoms with van der Waals surface area (Å²) in [6, 6.07) is 22.4. The molecule has 0 aliphatic heterocycles. The van der Waals surface area contributed by atoms with Gasteiger partial charge in [-0.25, -0.2) is 9.48 Å². The molecule has 4 aromatic rings. The van der Waals surface area contributed by atoms with Crippen molar-refractivity contribution in [1.82, 2.24) is 9.78 Å². The van der Waals surface area contributed by atoms with Crippen LogP contribution in [0.1, 0.15) is 33.3 Å². The Morgan fingerprint density at radius 2 is 1.56 bits per heavy atom. The molecule has 0 fully saturated rings. The molecule has 1 unspecified atom stereocenters. The average molecular weight is 447 g/mol. The zero-order chi connectivity index (χ0) is 22.7. The van der Waals surface area contributed by atoms with Crippen LogP contribution in [0.4, 0.5) is 0 Å². The van der Waals surface area contributed by atoms with E-state index in [4.69, 9.17) is 16.3 Å². The van der Waals surface area contributed by atoms with Crippen LogP contribution >= 0.6 is 11.6 Å². The number of hydrogen-bond donors (Lipinski definition) is 0. The van der Waals surface area contributed by atoms with Gasteiger partial charge >= 0.3 is 5.97 Å².